The molecule has 0 radical (unpaired) electrons. The highest BCUT2D eigenvalue weighted by atomic mass is 35.5. The van der Waals surface area contributed by atoms with Gasteiger partial charge in [-0.3, -0.25) is 9.69 Å². The summed E-state index contributed by atoms with van der Waals surface area (Å²) < 4.78 is 5.92. The molecular weight excluding hydrogens is 326 g/mol. The quantitative estimate of drug-likeness (QED) is 0.781. The molecule has 0 bridgehead atoms. The van der Waals surface area contributed by atoms with Gasteiger partial charge in [0, 0.05) is 28.8 Å². The SMILES string of the molecule is O=c1cc(-c2ccc(Cl)cc2)oc2ccc(O)c(CN3CCC3)c12. The molecule has 1 aliphatic rings. The molecule has 2 heterocycles. The largest absolute Gasteiger partial charge is 0.508 e. The van der Waals surface area contributed by atoms with Crippen LogP contribution in [0.1, 0.15) is 12.0 Å². The second-order valence-corrected chi connectivity index (χ2v) is 6.48. The maximum absolute atomic E-state index is 12.7. The van der Waals surface area contributed by atoms with Gasteiger partial charge in [-0.1, -0.05) is 11.6 Å². The average Bonchev–Trinajstić information content (AvgIpc) is 2.53. The van der Waals surface area contributed by atoms with E-state index in [0.29, 0.717) is 33.9 Å². The molecule has 0 amide bonds. The van der Waals surface area contributed by atoms with Gasteiger partial charge in [-0.05, 0) is 55.9 Å². The van der Waals surface area contributed by atoms with Crippen molar-refractivity contribution in [1.82, 2.24) is 4.90 Å². The van der Waals surface area contributed by atoms with Crippen LogP contribution in [0.15, 0.2) is 51.7 Å². The van der Waals surface area contributed by atoms with Crippen molar-refractivity contribution in [2.24, 2.45) is 0 Å². The molecule has 1 fully saturated rings. The normalized spacial score (nSPS) is 14.7. The maximum Gasteiger partial charge on any atom is 0.193 e. The lowest BCUT2D eigenvalue weighted by Gasteiger charge is -2.31. The van der Waals surface area contributed by atoms with E-state index in [0.717, 1.165) is 25.1 Å². The van der Waals surface area contributed by atoms with Gasteiger partial charge in [0.05, 0.1) is 5.39 Å². The van der Waals surface area contributed by atoms with Crippen molar-refractivity contribution in [2.45, 2.75) is 13.0 Å². The van der Waals surface area contributed by atoms with Gasteiger partial charge in [0.25, 0.3) is 0 Å². The number of fused-ring (bicyclic) bond motifs is 1. The Hall–Kier alpha value is -2.30. The first-order valence-corrected chi connectivity index (χ1v) is 8.26. The zero-order chi connectivity index (χ0) is 16.7. The molecule has 0 aliphatic carbocycles. The Bertz CT molecular complexity index is 959. The molecule has 1 aromatic heterocycles. The Balaban J connectivity index is 1.85. The average molecular weight is 342 g/mol. The molecular formula is C19H16ClNO3. The van der Waals surface area contributed by atoms with E-state index in [-0.39, 0.29) is 11.2 Å². The van der Waals surface area contributed by atoms with Gasteiger partial charge in [0.2, 0.25) is 0 Å². The van der Waals surface area contributed by atoms with Gasteiger partial charge < -0.3 is 9.52 Å². The molecule has 3 aromatic rings. The summed E-state index contributed by atoms with van der Waals surface area (Å²) >= 11 is 5.91. The topological polar surface area (TPSA) is 53.7 Å². The van der Waals surface area contributed by atoms with E-state index in [1.165, 1.54) is 6.07 Å². The van der Waals surface area contributed by atoms with Crippen molar-refractivity contribution in [3.05, 3.63) is 63.3 Å². The first-order chi connectivity index (χ1) is 11.6. The van der Waals surface area contributed by atoms with Crippen LogP contribution < -0.4 is 5.43 Å². The van der Waals surface area contributed by atoms with E-state index in [2.05, 4.69) is 4.90 Å². The third-order valence-electron chi connectivity index (χ3n) is 4.44. The molecule has 1 N–H and O–H groups in total. The van der Waals surface area contributed by atoms with Crippen molar-refractivity contribution in [2.75, 3.05) is 13.1 Å². The molecule has 0 atom stereocenters. The number of halogens is 1. The Labute approximate surface area is 143 Å². The minimum absolute atomic E-state index is 0.140. The van der Waals surface area contributed by atoms with Crippen LogP contribution in [0.2, 0.25) is 5.02 Å². The van der Waals surface area contributed by atoms with Crippen LogP contribution in [0.3, 0.4) is 0 Å². The molecule has 0 saturated carbocycles. The van der Waals surface area contributed by atoms with E-state index >= 15 is 0 Å². The number of hydrogen-bond acceptors (Lipinski definition) is 4. The van der Waals surface area contributed by atoms with Crippen molar-refractivity contribution in [1.29, 1.82) is 0 Å². The van der Waals surface area contributed by atoms with Gasteiger partial charge in [-0.15, -0.1) is 0 Å². The lowest BCUT2D eigenvalue weighted by atomic mass is 10.0. The molecule has 2 aromatic carbocycles. The van der Waals surface area contributed by atoms with Crippen LogP contribution in [0.5, 0.6) is 5.75 Å². The fourth-order valence-corrected chi connectivity index (χ4v) is 3.12. The summed E-state index contributed by atoms with van der Waals surface area (Å²) in [5.41, 5.74) is 1.77. The molecule has 0 unspecified atom stereocenters. The monoisotopic (exact) mass is 341 g/mol. The number of aromatic hydroxyl groups is 1. The van der Waals surface area contributed by atoms with Crippen LogP contribution in [0.4, 0.5) is 0 Å². The molecule has 1 aliphatic heterocycles. The highest BCUT2D eigenvalue weighted by Crippen LogP contribution is 2.30. The second-order valence-electron chi connectivity index (χ2n) is 6.05. The van der Waals surface area contributed by atoms with Crippen LogP contribution in [0.25, 0.3) is 22.3 Å². The number of hydrogen-bond donors (Lipinski definition) is 1. The first kappa shape index (κ1) is 15.2. The number of phenolic OH excluding ortho intramolecular Hbond substituents is 1. The molecule has 4 rings (SSSR count). The number of likely N-dealkylation sites (tertiary alicyclic amines) is 1. The molecule has 24 heavy (non-hydrogen) atoms. The predicted octanol–water partition coefficient (Wildman–Crippen LogP) is 4.02. The van der Waals surface area contributed by atoms with Gasteiger partial charge >= 0.3 is 0 Å². The summed E-state index contributed by atoms with van der Waals surface area (Å²) in [5.74, 6) is 0.630. The number of benzene rings is 2. The standard InChI is InChI=1S/C19H16ClNO3/c20-13-4-2-12(3-5-13)18-10-16(23)19-14(11-21-8-1-9-21)15(22)6-7-17(19)24-18/h2-7,10,22H,1,8-9,11H2. The Morgan fingerprint density at radius 3 is 2.54 bits per heavy atom. The van der Waals surface area contributed by atoms with Crippen LogP contribution in [0, 0.1) is 0 Å². The number of nitrogens with zero attached hydrogens (tertiary/aromatic N) is 1. The van der Waals surface area contributed by atoms with Crippen LogP contribution in [-0.4, -0.2) is 23.1 Å². The predicted molar refractivity (Wildman–Crippen MR) is 94.5 cm³/mol. The Morgan fingerprint density at radius 2 is 1.88 bits per heavy atom. The van der Waals surface area contributed by atoms with Gasteiger partial charge in [-0.2, -0.15) is 0 Å². The van der Waals surface area contributed by atoms with E-state index in [4.69, 9.17) is 16.0 Å². The van der Waals surface area contributed by atoms with Crippen molar-refractivity contribution >= 4 is 22.6 Å². The third-order valence-corrected chi connectivity index (χ3v) is 4.69. The van der Waals surface area contributed by atoms with Crippen LogP contribution >= 0.6 is 11.6 Å². The maximum atomic E-state index is 12.7. The molecule has 122 valence electrons. The Morgan fingerprint density at radius 1 is 1.12 bits per heavy atom. The summed E-state index contributed by atoms with van der Waals surface area (Å²) in [6.45, 7) is 2.54. The Kier molecular flexibility index (Phi) is 3.79. The van der Waals surface area contributed by atoms with Gasteiger partial charge in [-0.25, -0.2) is 0 Å². The number of phenols is 1. The third kappa shape index (κ3) is 2.68. The van der Waals surface area contributed by atoms with Gasteiger partial charge in [0.1, 0.15) is 17.1 Å². The van der Waals surface area contributed by atoms with E-state index in [9.17, 15) is 9.90 Å². The van der Waals surface area contributed by atoms with E-state index < -0.39 is 0 Å². The molecule has 1 saturated heterocycles. The van der Waals surface area contributed by atoms with Crippen molar-refractivity contribution in [3.8, 4) is 17.1 Å². The zero-order valence-corrected chi connectivity index (χ0v) is 13.7. The summed E-state index contributed by atoms with van der Waals surface area (Å²) in [7, 11) is 0. The van der Waals surface area contributed by atoms with Crippen molar-refractivity contribution in [3.63, 3.8) is 0 Å². The molecule has 0 spiro atoms. The lowest BCUT2D eigenvalue weighted by Crippen LogP contribution is -2.36. The fourth-order valence-electron chi connectivity index (χ4n) is 2.99. The summed E-state index contributed by atoms with van der Waals surface area (Å²) in [6, 6.07) is 11.9. The van der Waals surface area contributed by atoms with E-state index in [1.807, 2.05) is 12.1 Å². The minimum Gasteiger partial charge on any atom is -0.508 e. The zero-order valence-electron chi connectivity index (χ0n) is 13.0. The smallest absolute Gasteiger partial charge is 0.193 e. The summed E-state index contributed by atoms with van der Waals surface area (Å²) in [5, 5.41) is 11.3. The lowest BCUT2D eigenvalue weighted by molar-refractivity contribution is 0.171. The molecule has 4 nitrogen and oxygen atoms in total. The number of rotatable bonds is 3. The highest BCUT2D eigenvalue weighted by Gasteiger charge is 2.20. The summed E-state index contributed by atoms with van der Waals surface area (Å²) in [4.78, 5) is 14.9. The minimum atomic E-state index is -0.146. The highest BCUT2D eigenvalue weighted by molar-refractivity contribution is 6.30. The van der Waals surface area contributed by atoms with Gasteiger partial charge in [0.15, 0.2) is 5.43 Å². The summed E-state index contributed by atoms with van der Waals surface area (Å²) in [6.07, 6.45) is 1.15. The van der Waals surface area contributed by atoms with Crippen molar-refractivity contribution < 1.29 is 9.52 Å². The second kappa shape index (κ2) is 5.96. The fraction of sp³-hybridized carbons (Fsp3) is 0.211. The first-order valence-electron chi connectivity index (χ1n) is 7.89. The molecule has 5 heteroatoms. The van der Waals surface area contributed by atoms with E-state index in [1.54, 1.807) is 24.3 Å². The van der Waals surface area contributed by atoms with Crippen LogP contribution in [-0.2, 0) is 6.54 Å².